The fourth-order valence-electron chi connectivity index (χ4n) is 9.17. The lowest BCUT2D eigenvalue weighted by Gasteiger charge is -2.15. The fourth-order valence-corrected chi connectivity index (χ4v) is 9.17. The zero-order valence-corrected chi connectivity index (χ0v) is 32.6. The van der Waals surface area contributed by atoms with Crippen LogP contribution in [0.15, 0.2) is 203 Å². The number of aromatic nitrogens is 4. The summed E-state index contributed by atoms with van der Waals surface area (Å²) in [7, 11) is 0. The molecule has 13 rings (SSSR count). The summed E-state index contributed by atoms with van der Waals surface area (Å²) in [5.41, 5.74) is 10.8. The topological polar surface area (TPSA) is 69.9 Å². The number of hydrogen-bond donors (Lipinski definition) is 0. The molecule has 0 amide bonds. The van der Waals surface area contributed by atoms with Crippen LogP contribution in [-0.2, 0) is 0 Å². The average molecular weight is 781 g/mol. The summed E-state index contributed by atoms with van der Waals surface area (Å²) < 4.78 is 15.6. The van der Waals surface area contributed by atoms with Gasteiger partial charge in [0, 0.05) is 43.4 Å². The highest BCUT2D eigenvalue weighted by Crippen LogP contribution is 2.43. The molecule has 0 spiro atoms. The Kier molecular flexibility index (Phi) is 7.21. The SMILES string of the molecule is c1ccc(-c2cccc(-c3nc(-c4ccc5c(c4)oc4ccccc45)nc(-c4c(-n5c6ccccc6c6cc7ccccc7cc65)ccc5c4oc4ccccc45)n3)c2)cc1. The van der Waals surface area contributed by atoms with Gasteiger partial charge in [-0.3, -0.25) is 0 Å². The highest BCUT2D eigenvalue weighted by molar-refractivity contribution is 6.16. The monoisotopic (exact) mass is 780 g/mol. The van der Waals surface area contributed by atoms with E-state index in [4.69, 9.17) is 23.8 Å². The Morgan fingerprint density at radius 3 is 1.74 bits per heavy atom. The molecule has 0 aliphatic carbocycles. The summed E-state index contributed by atoms with van der Waals surface area (Å²) in [5.74, 6) is 1.58. The van der Waals surface area contributed by atoms with Gasteiger partial charge in [-0.05, 0) is 82.6 Å². The molecular formula is C55H32N4O2. The quantitative estimate of drug-likeness (QED) is 0.174. The van der Waals surface area contributed by atoms with Crippen LogP contribution in [0.2, 0.25) is 0 Å². The summed E-state index contributed by atoms with van der Waals surface area (Å²) in [5, 5.41) is 8.80. The summed E-state index contributed by atoms with van der Waals surface area (Å²) in [6, 6.07) is 67.4. The van der Waals surface area contributed by atoms with Crippen molar-refractivity contribution >= 4 is 76.5 Å². The van der Waals surface area contributed by atoms with Gasteiger partial charge >= 0.3 is 0 Å². The normalized spacial score (nSPS) is 11.9. The van der Waals surface area contributed by atoms with Gasteiger partial charge in [0.05, 0.1) is 22.3 Å². The Labute approximate surface area is 348 Å². The van der Waals surface area contributed by atoms with Crippen molar-refractivity contribution in [3.8, 4) is 51.0 Å². The van der Waals surface area contributed by atoms with Crippen molar-refractivity contribution in [1.82, 2.24) is 19.5 Å². The Hall–Kier alpha value is -8.35. The molecule has 0 radical (unpaired) electrons. The summed E-state index contributed by atoms with van der Waals surface area (Å²) in [6.45, 7) is 0. The zero-order chi connectivity index (χ0) is 40.0. The van der Waals surface area contributed by atoms with E-state index in [1.807, 2.05) is 42.5 Å². The van der Waals surface area contributed by atoms with E-state index in [2.05, 4.69) is 156 Å². The van der Waals surface area contributed by atoms with Crippen molar-refractivity contribution in [2.24, 2.45) is 0 Å². The second-order valence-electron chi connectivity index (χ2n) is 15.6. The third kappa shape index (κ3) is 5.26. The standard InChI is InChI=1S/C55H32N4O2/c1-2-13-33(14-3-1)34-17-12-18-37(29-34)53-56-54(38-25-26-42-40-20-7-10-23-48(40)60-50(42)32-38)58-55(57-53)51-46(28-27-43-41-21-8-11-24-49(41)61-52(43)51)59-45-22-9-6-19-39(45)44-30-35-15-4-5-16-36(35)31-47(44)59/h1-32H. The number of hydrogen-bond acceptors (Lipinski definition) is 5. The molecule has 6 heteroatoms. The van der Waals surface area contributed by atoms with Crippen LogP contribution < -0.4 is 0 Å². The van der Waals surface area contributed by atoms with Crippen LogP contribution in [0, 0.1) is 0 Å². The molecule has 0 saturated carbocycles. The lowest BCUT2D eigenvalue weighted by Crippen LogP contribution is -2.04. The molecule has 0 N–H and O–H groups in total. The van der Waals surface area contributed by atoms with Crippen molar-refractivity contribution in [1.29, 1.82) is 0 Å². The highest BCUT2D eigenvalue weighted by Gasteiger charge is 2.25. The van der Waals surface area contributed by atoms with Gasteiger partial charge in [0.15, 0.2) is 17.5 Å². The second kappa shape index (κ2) is 13.1. The van der Waals surface area contributed by atoms with Crippen LogP contribution in [0.5, 0.6) is 0 Å². The predicted octanol–water partition coefficient (Wildman–Crippen LogP) is 14.6. The molecule has 4 heterocycles. The van der Waals surface area contributed by atoms with Gasteiger partial charge in [-0.1, -0.05) is 133 Å². The number of furan rings is 2. The molecule has 4 aromatic heterocycles. The Balaban J connectivity index is 1.13. The highest BCUT2D eigenvalue weighted by atomic mass is 16.3. The largest absolute Gasteiger partial charge is 0.456 e. The van der Waals surface area contributed by atoms with Gasteiger partial charge in [0.2, 0.25) is 0 Å². The third-order valence-corrected chi connectivity index (χ3v) is 12.0. The molecule has 0 atom stereocenters. The molecule has 0 aliphatic rings. The minimum absolute atomic E-state index is 0.501. The minimum Gasteiger partial charge on any atom is -0.456 e. The van der Waals surface area contributed by atoms with E-state index < -0.39 is 0 Å². The first-order valence-corrected chi connectivity index (χ1v) is 20.4. The second-order valence-corrected chi connectivity index (χ2v) is 15.6. The van der Waals surface area contributed by atoms with E-state index in [0.29, 0.717) is 23.1 Å². The van der Waals surface area contributed by atoms with Gasteiger partial charge in [-0.15, -0.1) is 0 Å². The van der Waals surface area contributed by atoms with E-state index in [0.717, 1.165) is 93.6 Å². The molecule has 0 fully saturated rings. The molecule has 9 aromatic carbocycles. The molecule has 0 unspecified atom stereocenters. The molecule has 6 nitrogen and oxygen atoms in total. The van der Waals surface area contributed by atoms with Crippen molar-refractivity contribution in [3.63, 3.8) is 0 Å². The number of para-hydroxylation sites is 3. The van der Waals surface area contributed by atoms with E-state index in [9.17, 15) is 0 Å². The average Bonchev–Trinajstić information content (AvgIpc) is 3.99. The van der Waals surface area contributed by atoms with E-state index in [1.54, 1.807) is 0 Å². The molecule has 13 aromatic rings. The maximum atomic E-state index is 6.90. The number of rotatable bonds is 5. The van der Waals surface area contributed by atoms with E-state index in [1.165, 1.54) is 10.8 Å². The van der Waals surface area contributed by atoms with Crippen molar-refractivity contribution in [2.75, 3.05) is 0 Å². The maximum absolute atomic E-state index is 6.90. The molecular weight excluding hydrogens is 749 g/mol. The fraction of sp³-hybridized carbons (Fsp3) is 0. The lowest BCUT2D eigenvalue weighted by molar-refractivity contribution is 0.668. The van der Waals surface area contributed by atoms with Gasteiger partial charge < -0.3 is 13.4 Å². The van der Waals surface area contributed by atoms with Crippen LogP contribution >= 0.6 is 0 Å². The minimum atomic E-state index is 0.501. The molecule has 0 bridgehead atoms. The van der Waals surface area contributed by atoms with Gasteiger partial charge in [-0.2, -0.15) is 0 Å². The van der Waals surface area contributed by atoms with Crippen LogP contribution in [0.25, 0.3) is 127 Å². The number of nitrogens with zero attached hydrogens (tertiary/aromatic N) is 4. The molecule has 61 heavy (non-hydrogen) atoms. The first-order chi connectivity index (χ1) is 30.2. The number of benzene rings is 9. The third-order valence-electron chi connectivity index (χ3n) is 12.0. The summed E-state index contributed by atoms with van der Waals surface area (Å²) >= 11 is 0. The first-order valence-electron chi connectivity index (χ1n) is 20.4. The Morgan fingerprint density at radius 1 is 0.328 bits per heavy atom. The van der Waals surface area contributed by atoms with Gasteiger partial charge in [0.1, 0.15) is 22.3 Å². The lowest BCUT2D eigenvalue weighted by atomic mass is 10.0. The van der Waals surface area contributed by atoms with Crippen molar-refractivity contribution < 1.29 is 8.83 Å². The van der Waals surface area contributed by atoms with Crippen LogP contribution in [-0.4, -0.2) is 19.5 Å². The first kappa shape index (κ1) is 33.6. The van der Waals surface area contributed by atoms with Gasteiger partial charge in [-0.25, -0.2) is 15.0 Å². The maximum Gasteiger partial charge on any atom is 0.170 e. The molecule has 284 valence electrons. The van der Waals surface area contributed by atoms with E-state index >= 15 is 0 Å². The molecule has 0 saturated heterocycles. The van der Waals surface area contributed by atoms with Crippen LogP contribution in [0.4, 0.5) is 0 Å². The Bertz CT molecular complexity index is 3900. The van der Waals surface area contributed by atoms with Crippen LogP contribution in [0.1, 0.15) is 0 Å². The van der Waals surface area contributed by atoms with Crippen LogP contribution in [0.3, 0.4) is 0 Å². The zero-order valence-electron chi connectivity index (χ0n) is 32.6. The summed E-state index contributed by atoms with van der Waals surface area (Å²) in [4.78, 5) is 16.1. The summed E-state index contributed by atoms with van der Waals surface area (Å²) in [6.07, 6.45) is 0. The van der Waals surface area contributed by atoms with Gasteiger partial charge in [0.25, 0.3) is 0 Å². The predicted molar refractivity (Wildman–Crippen MR) is 248 cm³/mol. The molecule has 0 aliphatic heterocycles. The number of fused-ring (bicyclic) bond motifs is 10. The smallest absolute Gasteiger partial charge is 0.170 e. The van der Waals surface area contributed by atoms with Crippen molar-refractivity contribution in [2.45, 2.75) is 0 Å². The Morgan fingerprint density at radius 2 is 0.918 bits per heavy atom. The van der Waals surface area contributed by atoms with Crippen molar-refractivity contribution in [3.05, 3.63) is 194 Å². The van der Waals surface area contributed by atoms with E-state index in [-0.39, 0.29) is 0 Å².